The fourth-order valence-electron chi connectivity index (χ4n) is 1.66. The second-order valence-corrected chi connectivity index (χ2v) is 4.15. The summed E-state index contributed by atoms with van der Waals surface area (Å²) in [5, 5.41) is 2.96. The van der Waals surface area contributed by atoms with Crippen LogP contribution in [0, 0.1) is 5.82 Å². The smallest absolute Gasteiger partial charge is 0.246 e. The average Bonchev–Trinajstić information content (AvgIpc) is 2.46. The number of para-hydroxylation sites is 1. The Hall–Kier alpha value is -2.36. The molecule has 98 valence electrons. The van der Waals surface area contributed by atoms with Crippen LogP contribution >= 0.6 is 0 Å². The molecule has 0 fully saturated rings. The molecule has 0 aliphatic rings. The lowest BCUT2D eigenvalue weighted by atomic mass is 10.3. The van der Waals surface area contributed by atoms with E-state index in [2.05, 4.69) is 5.32 Å². The maximum atomic E-state index is 12.7. The van der Waals surface area contributed by atoms with Gasteiger partial charge in [0.05, 0.1) is 6.54 Å². The fraction of sp³-hybridized carbons (Fsp3) is 0.133. The van der Waals surface area contributed by atoms with E-state index in [1.807, 2.05) is 30.3 Å². The lowest BCUT2D eigenvalue weighted by Gasteiger charge is -2.17. The molecular weight excluding hydrogens is 243 g/mol. The molecule has 2 aromatic rings. The van der Waals surface area contributed by atoms with Gasteiger partial charge in [-0.2, -0.15) is 0 Å². The highest BCUT2D eigenvalue weighted by atomic mass is 19.1. The number of nitrogens with zero attached hydrogens (tertiary/aromatic N) is 1. The van der Waals surface area contributed by atoms with Crippen LogP contribution in [0.5, 0.6) is 0 Å². The molecule has 1 N–H and O–H groups in total. The highest BCUT2D eigenvalue weighted by Crippen LogP contribution is 2.12. The van der Waals surface area contributed by atoms with Gasteiger partial charge in [-0.3, -0.25) is 4.79 Å². The van der Waals surface area contributed by atoms with Crippen molar-refractivity contribution < 1.29 is 9.18 Å². The van der Waals surface area contributed by atoms with Gasteiger partial charge >= 0.3 is 0 Å². The van der Waals surface area contributed by atoms with Crippen molar-refractivity contribution in [3.63, 3.8) is 0 Å². The van der Waals surface area contributed by atoms with Gasteiger partial charge in [0.25, 0.3) is 0 Å². The number of likely N-dealkylation sites (N-methyl/N-ethyl adjacent to an activating group) is 1. The van der Waals surface area contributed by atoms with Crippen LogP contribution in [0.2, 0.25) is 0 Å². The number of anilines is 2. The molecule has 0 bridgehead atoms. The van der Waals surface area contributed by atoms with E-state index in [0.29, 0.717) is 0 Å². The normalized spacial score (nSPS) is 10.0. The number of benzene rings is 2. The van der Waals surface area contributed by atoms with E-state index in [4.69, 9.17) is 0 Å². The first-order chi connectivity index (χ1) is 9.16. The van der Waals surface area contributed by atoms with Gasteiger partial charge in [0, 0.05) is 18.4 Å². The molecule has 2 rings (SSSR count). The van der Waals surface area contributed by atoms with Crippen molar-refractivity contribution in [1.82, 2.24) is 0 Å². The second kappa shape index (κ2) is 6.00. The maximum Gasteiger partial charge on any atom is 0.246 e. The molecule has 0 atom stereocenters. The predicted octanol–water partition coefficient (Wildman–Crippen LogP) is 2.90. The van der Waals surface area contributed by atoms with Gasteiger partial charge in [-0.05, 0) is 36.4 Å². The molecule has 0 spiro atoms. The van der Waals surface area contributed by atoms with Crippen molar-refractivity contribution in [2.75, 3.05) is 23.8 Å². The first-order valence-electron chi connectivity index (χ1n) is 5.98. The van der Waals surface area contributed by atoms with Crippen LogP contribution in [-0.4, -0.2) is 19.5 Å². The molecule has 0 aliphatic heterocycles. The predicted molar refractivity (Wildman–Crippen MR) is 74.7 cm³/mol. The standard InChI is InChI=1S/C15H15FN2O/c1-18(14-5-3-2-4-6-14)15(19)11-17-13-9-7-12(16)8-10-13/h2-10,17H,11H2,1H3. The Kier molecular flexibility index (Phi) is 4.13. The highest BCUT2D eigenvalue weighted by molar-refractivity contribution is 5.95. The molecule has 19 heavy (non-hydrogen) atoms. The van der Waals surface area contributed by atoms with Crippen LogP contribution < -0.4 is 10.2 Å². The minimum atomic E-state index is -0.293. The van der Waals surface area contributed by atoms with Crippen LogP contribution in [0.15, 0.2) is 54.6 Å². The zero-order valence-corrected chi connectivity index (χ0v) is 10.6. The molecule has 0 saturated carbocycles. The van der Waals surface area contributed by atoms with Gasteiger partial charge in [-0.15, -0.1) is 0 Å². The van der Waals surface area contributed by atoms with E-state index >= 15 is 0 Å². The Morgan fingerprint density at radius 1 is 1.11 bits per heavy atom. The third kappa shape index (κ3) is 3.55. The van der Waals surface area contributed by atoms with Gasteiger partial charge in [-0.25, -0.2) is 4.39 Å². The van der Waals surface area contributed by atoms with Gasteiger partial charge in [0.1, 0.15) is 5.82 Å². The Balaban J connectivity index is 1.93. The van der Waals surface area contributed by atoms with Gasteiger partial charge in [0.15, 0.2) is 0 Å². The first-order valence-corrected chi connectivity index (χ1v) is 5.98. The number of carbonyl (C=O) groups excluding carboxylic acids is 1. The Labute approximate surface area is 111 Å². The van der Waals surface area contributed by atoms with E-state index in [9.17, 15) is 9.18 Å². The molecule has 4 heteroatoms. The van der Waals surface area contributed by atoms with E-state index in [0.717, 1.165) is 11.4 Å². The van der Waals surface area contributed by atoms with Gasteiger partial charge < -0.3 is 10.2 Å². The van der Waals surface area contributed by atoms with Crippen molar-refractivity contribution in [2.24, 2.45) is 0 Å². The van der Waals surface area contributed by atoms with E-state index in [-0.39, 0.29) is 18.3 Å². The molecule has 0 aromatic heterocycles. The molecule has 0 aliphatic carbocycles. The monoisotopic (exact) mass is 258 g/mol. The summed E-state index contributed by atoms with van der Waals surface area (Å²) in [5.41, 5.74) is 1.56. The lowest BCUT2D eigenvalue weighted by Crippen LogP contribution is -2.32. The van der Waals surface area contributed by atoms with Crippen molar-refractivity contribution >= 4 is 17.3 Å². The van der Waals surface area contributed by atoms with Crippen molar-refractivity contribution in [2.45, 2.75) is 0 Å². The summed E-state index contributed by atoms with van der Waals surface area (Å²) in [5.74, 6) is -0.353. The van der Waals surface area contributed by atoms with Crippen LogP contribution in [-0.2, 0) is 4.79 Å². The topological polar surface area (TPSA) is 32.3 Å². The molecule has 0 radical (unpaired) electrons. The molecule has 2 aromatic carbocycles. The molecular formula is C15H15FN2O. The quantitative estimate of drug-likeness (QED) is 0.914. The number of nitrogens with one attached hydrogen (secondary N) is 1. The number of amides is 1. The van der Waals surface area contributed by atoms with Crippen LogP contribution in [0.3, 0.4) is 0 Å². The Bertz CT molecular complexity index is 540. The summed E-state index contributed by atoms with van der Waals surface area (Å²) in [7, 11) is 1.73. The molecule has 0 saturated heterocycles. The summed E-state index contributed by atoms with van der Waals surface area (Å²) in [4.78, 5) is 13.6. The fourth-order valence-corrected chi connectivity index (χ4v) is 1.66. The largest absolute Gasteiger partial charge is 0.376 e. The van der Waals surface area contributed by atoms with Crippen LogP contribution in [0.4, 0.5) is 15.8 Å². The molecule has 0 heterocycles. The maximum absolute atomic E-state index is 12.7. The highest BCUT2D eigenvalue weighted by Gasteiger charge is 2.09. The third-order valence-electron chi connectivity index (χ3n) is 2.81. The van der Waals surface area contributed by atoms with E-state index in [1.54, 1.807) is 24.1 Å². The zero-order valence-electron chi connectivity index (χ0n) is 10.6. The van der Waals surface area contributed by atoms with E-state index in [1.165, 1.54) is 12.1 Å². The summed E-state index contributed by atoms with van der Waals surface area (Å²) < 4.78 is 12.7. The molecule has 1 amide bonds. The Morgan fingerprint density at radius 3 is 2.37 bits per heavy atom. The minimum absolute atomic E-state index is 0.0597. The van der Waals surface area contributed by atoms with Crippen LogP contribution in [0.1, 0.15) is 0 Å². The average molecular weight is 258 g/mol. The van der Waals surface area contributed by atoms with Gasteiger partial charge in [-0.1, -0.05) is 18.2 Å². The summed E-state index contributed by atoms with van der Waals surface area (Å²) in [6.07, 6.45) is 0. The van der Waals surface area contributed by atoms with Crippen LogP contribution in [0.25, 0.3) is 0 Å². The SMILES string of the molecule is CN(C(=O)CNc1ccc(F)cc1)c1ccccc1. The number of carbonyl (C=O) groups is 1. The number of rotatable bonds is 4. The number of hydrogen-bond acceptors (Lipinski definition) is 2. The number of halogens is 1. The zero-order chi connectivity index (χ0) is 13.7. The first kappa shape index (κ1) is 13.1. The Morgan fingerprint density at radius 2 is 1.74 bits per heavy atom. The lowest BCUT2D eigenvalue weighted by molar-refractivity contribution is -0.116. The summed E-state index contributed by atoms with van der Waals surface area (Å²) >= 11 is 0. The van der Waals surface area contributed by atoms with E-state index < -0.39 is 0 Å². The summed E-state index contributed by atoms with van der Waals surface area (Å²) in [6, 6.07) is 15.3. The summed E-state index contributed by atoms with van der Waals surface area (Å²) in [6.45, 7) is 0.164. The van der Waals surface area contributed by atoms with Crippen molar-refractivity contribution in [1.29, 1.82) is 0 Å². The molecule has 3 nitrogen and oxygen atoms in total. The second-order valence-electron chi connectivity index (χ2n) is 4.15. The minimum Gasteiger partial charge on any atom is -0.376 e. The van der Waals surface area contributed by atoms with Gasteiger partial charge in [0.2, 0.25) is 5.91 Å². The number of hydrogen-bond donors (Lipinski definition) is 1. The van der Waals surface area contributed by atoms with Crippen molar-refractivity contribution in [3.05, 3.63) is 60.4 Å². The van der Waals surface area contributed by atoms with Crippen molar-refractivity contribution in [3.8, 4) is 0 Å². The third-order valence-corrected chi connectivity index (χ3v) is 2.81. The molecule has 0 unspecified atom stereocenters.